The SMILES string of the molecule is CC[C@@H](C)NC(=O)[C@H](C)N(Cc1ccccc1)C(=O)CN(c1cccc(OC)c1)S(=O)(=O)c1ccc(C)cc1. The fraction of sp³-hybridized carbons (Fsp3) is 0.333. The van der Waals surface area contributed by atoms with E-state index in [2.05, 4.69) is 5.32 Å². The molecule has 0 fully saturated rings. The Morgan fingerprint density at radius 2 is 1.62 bits per heavy atom. The summed E-state index contributed by atoms with van der Waals surface area (Å²) >= 11 is 0. The van der Waals surface area contributed by atoms with Crippen LogP contribution in [-0.4, -0.2) is 50.9 Å². The Morgan fingerprint density at radius 1 is 0.949 bits per heavy atom. The van der Waals surface area contributed by atoms with Gasteiger partial charge in [0, 0.05) is 18.7 Å². The number of amides is 2. The highest BCUT2D eigenvalue weighted by Crippen LogP contribution is 2.28. The van der Waals surface area contributed by atoms with Gasteiger partial charge in [-0.2, -0.15) is 0 Å². The first-order valence-corrected chi connectivity index (χ1v) is 14.4. The molecular weight excluding hydrogens is 514 g/mol. The summed E-state index contributed by atoms with van der Waals surface area (Å²) in [5.41, 5.74) is 2.01. The van der Waals surface area contributed by atoms with Crippen molar-refractivity contribution in [2.75, 3.05) is 18.0 Å². The van der Waals surface area contributed by atoms with Gasteiger partial charge in [0.05, 0.1) is 17.7 Å². The molecule has 0 radical (unpaired) electrons. The second-order valence-corrected chi connectivity index (χ2v) is 11.4. The molecule has 39 heavy (non-hydrogen) atoms. The average molecular weight is 552 g/mol. The van der Waals surface area contributed by atoms with Crippen molar-refractivity contribution in [2.24, 2.45) is 0 Å². The third-order valence-electron chi connectivity index (χ3n) is 6.59. The molecule has 0 spiro atoms. The minimum absolute atomic E-state index is 0.0564. The van der Waals surface area contributed by atoms with E-state index in [1.165, 1.54) is 24.1 Å². The topological polar surface area (TPSA) is 96.0 Å². The number of anilines is 1. The molecule has 0 unspecified atom stereocenters. The number of methoxy groups -OCH3 is 1. The molecule has 2 amide bonds. The largest absolute Gasteiger partial charge is 0.497 e. The Labute approximate surface area is 231 Å². The van der Waals surface area contributed by atoms with Gasteiger partial charge in [0.2, 0.25) is 11.8 Å². The Kier molecular flexibility index (Phi) is 10.1. The van der Waals surface area contributed by atoms with Crippen LogP contribution in [0.25, 0.3) is 0 Å². The molecule has 3 aromatic carbocycles. The van der Waals surface area contributed by atoms with Gasteiger partial charge in [-0.3, -0.25) is 13.9 Å². The van der Waals surface area contributed by atoms with Gasteiger partial charge in [-0.15, -0.1) is 0 Å². The van der Waals surface area contributed by atoms with Gasteiger partial charge in [0.15, 0.2) is 0 Å². The molecule has 2 atom stereocenters. The second kappa shape index (κ2) is 13.3. The van der Waals surface area contributed by atoms with Crippen molar-refractivity contribution in [3.05, 3.63) is 90.0 Å². The summed E-state index contributed by atoms with van der Waals surface area (Å²) in [5.74, 6) is -0.362. The lowest BCUT2D eigenvalue weighted by Gasteiger charge is -2.32. The Hall–Kier alpha value is -3.85. The standard InChI is InChI=1S/C30H37N3O5S/c1-6-23(3)31-30(35)24(4)32(20-25-11-8-7-9-12-25)29(34)21-33(26-13-10-14-27(19-26)38-5)39(36,37)28-17-15-22(2)16-18-28/h7-19,23-24H,6,20-21H2,1-5H3,(H,31,35)/t23-,24+/m1/s1. The first kappa shape index (κ1) is 29.7. The molecule has 0 aliphatic carbocycles. The predicted octanol–water partition coefficient (Wildman–Crippen LogP) is 4.53. The highest BCUT2D eigenvalue weighted by Gasteiger charge is 2.33. The van der Waals surface area contributed by atoms with Gasteiger partial charge in [0.1, 0.15) is 18.3 Å². The number of carbonyl (C=O) groups is 2. The number of benzene rings is 3. The van der Waals surface area contributed by atoms with E-state index in [1.54, 1.807) is 43.3 Å². The summed E-state index contributed by atoms with van der Waals surface area (Å²) in [6.45, 7) is 7.02. The zero-order chi connectivity index (χ0) is 28.6. The van der Waals surface area contributed by atoms with Gasteiger partial charge in [-0.05, 0) is 57.0 Å². The third-order valence-corrected chi connectivity index (χ3v) is 8.38. The van der Waals surface area contributed by atoms with Crippen LogP contribution in [0.2, 0.25) is 0 Å². The summed E-state index contributed by atoms with van der Waals surface area (Å²) < 4.78 is 34.2. The van der Waals surface area contributed by atoms with E-state index in [9.17, 15) is 18.0 Å². The number of hydrogen-bond acceptors (Lipinski definition) is 5. The lowest BCUT2D eigenvalue weighted by molar-refractivity contribution is -0.139. The average Bonchev–Trinajstić information content (AvgIpc) is 2.94. The maximum absolute atomic E-state index is 13.9. The molecule has 208 valence electrons. The van der Waals surface area contributed by atoms with Gasteiger partial charge >= 0.3 is 0 Å². The molecule has 9 heteroatoms. The minimum Gasteiger partial charge on any atom is -0.497 e. The summed E-state index contributed by atoms with van der Waals surface area (Å²) in [6.07, 6.45) is 0.740. The fourth-order valence-electron chi connectivity index (χ4n) is 3.96. The van der Waals surface area contributed by atoms with E-state index < -0.39 is 28.5 Å². The molecular formula is C30H37N3O5S. The van der Waals surface area contributed by atoms with Crippen LogP contribution < -0.4 is 14.4 Å². The summed E-state index contributed by atoms with van der Waals surface area (Å²) in [5, 5.41) is 2.93. The van der Waals surface area contributed by atoms with Crippen LogP contribution in [0.4, 0.5) is 5.69 Å². The predicted molar refractivity (Wildman–Crippen MR) is 153 cm³/mol. The fourth-order valence-corrected chi connectivity index (χ4v) is 5.37. The highest BCUT2D eigenvalue weighted by molar-refractivity contribution is 7.92. The molecule has 0 aliphatic rings. The van der Waals surface area contributed by atoms with Crippen LogP contribution in [0.15, 0.2) is 83.8 Å². The summed E-state index contributed by atoms with van der Waals surface area (Å²) in [6, 6.07) is 21.4. The van der Waals surface area contributed by atoms with Crippen molar-refractivity contribution in [2.45, 2.75) is 57.6 Å². The quantitative estimate of drug-likeness (QED) is 0.357. The number of ether oxygens (including phenoxy) is 1. The van der Waals surface area contributed by atoms with Crippen LogP contribution in [0.1, 0.15) is 38.3 Å². The first-order valence-electron chi connectivity index (χ1n) is 12.9. The zero-order valence-corrected chi connectivity index (χ0v) is 23.9. The Balaban J connectivity index is 2.03. The van der Waals surface area contributed by atoms with Crippen molar-refractivity contribution in [3.8, 4) is 5.75 Å². The normalized spacial score (nSPS) is 12.7. The van der Waals surface area contributed by atoms with Gasteiger partial charge in [-0.25, -0.2) is 8.42 Å². The van der Waals surface area contributed by atoms with E-state index in [0.717, 1.165) is 21.9 Å². The van der Waals surface area contributed by atoms with Crippen LogP contribution in [0.5, 0.6) is 5.75 Å². The molecule has 0 bridgehead atoms. The first-order chi connectivity index (χ1) is 18.6. The lowest BCUT2D eigenvalue weighted by atomic mass is 10.1. The maximum atomic E-state index is 13.9. The van der Waals surface area contributed by atoms with Crippen LogP contribution >= 0.6 is 0 Å². The van der Waals surface area contributed by atoms with Crippen LogP contribution in [0.3, 0.4) is 0 Å². The van der Waals surface area contributed by atoms with Crippen molar-refractivity contribution in [1.29, 1.82) is 0 Å². The molecule has 0 aromatic heterocycles. The number of nitrogens with zero attached hydrogens (tertiary/aromatic N) is 2. The number of carbonyl (C=O) groups excluding carboxylic acids is 2. The monoisotopic (exact) mass is 551 g/mol. The van der Waals surface area contributed by atoms with Crippen LogP contribution in [0, 0.1) is 6.92 Å². The molecule has 8 nitrogen and oxygen atoms in total. The van der Waals surface area contributed by atoms with E-state index in [0.29, 0.717) is 5.75 Å². The van der Waals surface area contributed by atoms with Crippen molar-refractivity contribution < 1.29 is 22.7 Å². The third kappa shape index (κ3) is 7.60. The Morgan fingerprint density at radius 3 is 2.23 bits per heavy atom. The Bertz CT molecular complexity index is 1360. The van der Waals surface area contributed by atoms with Crippen LogP contribution in [-0.2, 0) is 26.2 Å². The van der Waals surface area contributed by atoms with Gasteiger partial charge in [-0.1, -0.05) is 61.0 Å². The highest BCUT2D eigenvalue weighted by atomic mass is 32.2. The lowest BCUT2D eigenvalue weighted by Crippen LogP contribution is -2.52. The van der Waals surface area contributed by atoms with Gasteiger partial charge < -0.3 is 15.0 Å². The minimum atomic E-state index is -4.14. The molecule has 0 saturated carbocycles. The molecule has 0 aliphatic heterocycles. The second-order valence-electron chi connectivity index (χ2n) is 9.53. The molecule has 1 N–H and O–H groups in total. The zero-order valence-electron chi connectivity index (χ0n) is 23.1. The van der Waals surface area contributed by atoms with E-state index in [1.807, 2.05) is 51.1 Å². The number of sulfonamides is 1. The molecule has 3 aromatic rings. The van der Waals surface area contributed by atoms with Crippen molar-refractivity contribution >= 4 is 27.5 Å². The van der Waals surface area contributed by atoms with E-state index in [4.69, 9.17) is 4.74 Å². The summed E-state index contributed by atoms with van der Waals surface area (Å²) in [7, 11) is -2.65. The van der Waals surface area contributed by atoms with E-state index in [-0.39, 0.29) is 29.1 Å². The summed E-state index contributed by atoms with van der Waals surface area (Å²) in [4.78, 5) is 28.5. The smallest absolute Gasteiger partial charge is 0.264 e. The number of nitrogens with one attached hydrogen (secondary N) is 1. The number of hydrogen-bond donors (Lipinski definition) is 1. The van der Waals surface area contributed by atoms with Crippen molar-refractivity contribution in [1.82, 2.24) is 10.2 Å². The molecule has 0 saturated heterocycles. The van der Waals surface area contributed by atoms with E-state index >= 15 is 0 Å². The number of aryl methyl sites for hydroxylation is 1. The molecule has 0 heterocycles. The maximum Gasteiger partial charge on any atom is 0.264 e. The molecule has 3 rings (SSSR count). The van der Waals surface area contributed by atoms with Gasteiger partial charge in [0.25, 0.3) is 10.0 Å². The van der Waals surface area contributed by atoms with Crippen molar-refractivity contribution in [3.63, 3.8) is 0 Å². The number of rotatable bonds is 12.